The first kappa shape index (κ1) is 24.9. The maximum Gasteiger partial charge on any atom is 0.0735 e. The molecular weight excluding hydrogens is 408 g/mol. The third-order valence-corrected chi connectivity index (χ3v) is 5.56. The zero-order valence-corrected chi connectivity index (χ0v) is 18.9. The van der Waals surface area contributed by atoms with Gasteiger partial charge in [-0.1, -0.05) is 74.5 Å². The van der Waals surface area contributed by atoms with Crippen molar-refractivity contribution in [2.75, 3.05) is 26.7 Å². The Morgan fingerprint density at radius 1 is 0.750 bits per heavy atom. The van der Waals surface area contributed by atoms with Crippen LogP contribution >= 0.6 is 0 Å². The Morgan fingerprint density at radius 2 is 1.31 bits per heavy atom. The highest BCUT2D eigenvalue weighted by molar-refractivity contribution is 5.17. The highest BCUT2D eigenvalue weighted by Crippen LogP contribution is 2.18. The van der Waals surface area contributed by atoms with E-state index in [1.54, 1.807) is 7.05 Å². The van der Waals surface area contributed by atoms with Gasteiger partial charge in [-0.05, 0) is 29.9 Å². The van der Waals surface area contributed by atoms with E-state index in [9.17, 15) is 14.7 Å². The molecule has 9 heteroatoms. The molecule has 0 spiro atoms. The highest BCUT2D eigenvalue weighted by atomic mass is 16.3. The minimum absolute atomic E-state index is 0.0382. The van der Waals surface area contributed by atoms with Crippen molar-refractivity contribution < 1.29 is 0 Å². The molecule has 0 aliphatic rings. The second-order valence-electron chi connectivity index (χ2n) is 8.26. The van der Waals surface area contributed by atoms with Crippen molar-refractivity contribution in [2.24, 2.45) is 21.8 Å². The maximum atomic E-state index is 11.8. The van der Waals surface area contributed by atoms with Crippen LogP contribution in [0.1, 0.15) is 25.0 Å². The highest BCUT2D eigenvalue weighted by Gasteiger charge is 2.29. The molecular formula is C23H32N6O3. The van der Waals surface area contributed by atoms with Gasteiger partial charge >= 0.3 is 0 Å². The van der Waals surface area contributed by atoms with Crippen LogP contribution in [0.3, 0.4) is 0 Å². The Labute approximate surface area is 189 Å². The molecule has 2 rings (SSSR count). The van der Waals surface area contributed by atoms with Crippen LogP contribution in [-0.2, 0) is 12.8 Å². The average molecular weight is 441 g/mol. The van der Waals surface area contributed by atoms with E-state index < -0.39 is 0 Å². The van der Waals surface area contributed by atoms with Gasteiger partial charge in [-0.25, -0.2) is 0 Å². The summed E-state index contributed by atoms with van der Waals surface area (Å²) < 4.78 is 0. The molecule has 0 saturated heterocycles. The molecule has 0 amide bonds. The van der Waals surface area contributed by atoms with E-state index in [1.165, 1.54) is 15.0 Å². The Bertz CT molecular complexity index is 821. The van der Waals surface area contributed by atoms with Gasteiger partial charge in [-0.3, -0.25) is 15.0 Å². The van der Waals surface area contributed by atoms with Crippen molar-refractivity contribution in [2.45, 2.75) is 38.8 Å². The summed E-state index contributed by atoms with van der Waals surface area (Å²) in [6.45, 7) is 4.79. The standard InChI is InChI=1S/C23H32N6O3/c1-19(2)23(18-27(3)24-30)29(26-32)17-22(16-21-12-8-5-9-13-21)28(25-31)15-14-20-10-6-4-7-11-20/h4-13,19,22-23H,14-18H2,1-3H3/t22-,23+/m0/s1. The number of hydrogen-bond donors (Lipinski definition) is 0. The van der Waals surface area contributed by atoms with Crippen LogP contribution in [-0.4, -0.2) is 53.8 Å². The number of nitrogens with zero attached hydrogens (tertiary/aromatic N) is 6. The van der Waals surface area contributed by atoms with Crippen LogP contribution in [0, 0.1) is 20.6 Å². The summed E-state index contributed by atoms with van der Waals surface area (Å²) in [5, 5.41) is 13.6. The first-order chi connectivity index (χ1) is 15.5. The minimum Gasteiger partial charge on any atom is -0.262 e. The number of nitroso groups, excluding NO2 is 3. The molecule has 0 aliphatic heterocycles. The molecule has 32 heavy (non-hydrogen) atoms. The van der Waals surface area contributed by atoms with Crippen molar-refractivity contribution in [3.05, 3.63) is 86.5 Å². The van der Waals surface area contributed by atoms with Gasteiger partial charge in [0.25, 0.3) is 0 Å². The molecule has 172 valence electrons. The van der Waals surface area contributed by atoms with Crippen LogP contribution in [0.2, 0.25) is 0 Å². The van der Waals surface area contributed by atoms with E-state index in [-0.39, 0.29) is 31.1 Å². The molecule has 2 atom stereocenters. The van der Waals surface area contributed by atoms with Crippen LogP contribution in [0.15, 0.2) is 76.5 Å². The average Bonchev–Trinajstić information content (AvgIpc) is 2.82. The van der Waals surface area contributed by atoms with Crippen LogP contribution in [0.5, 0.6) is 0 Å². The van der Waals surface area contributed by atoms with Crippen LogP contribution in [0.25, 0.3) is 0 Å². The van der Waals surface area contributed by atoms with Gasteiger partial charge in [-0.15, -0.1) is 14.7 Å². The van der Waals surface area contributed by atoms with Gasteiger partial charge in [0.2, 0.25) is 0 Å². The van der Waals surface area contributed by atoms with Gasteiger partial charge in [0.05, 0.1) is 41.0 Å². The molecule has 0 heterocycles. The largest absolute Gasteiger partial charge is 0.262 e. The van der Waals surface area contributed by atoms with E-state index in [2.05, 4.69) is 15.9 Å². The predicted octanol–water partition coefficient (Wildman–Crippen LogP) is 4.45. The van der Waals surface area contributed by atoms with E-state index in [1.807, 2.05) is 74.5 Å². The van der Waals surface area contributed by atoms with Gasteiger partial charge in [0.1, 0.15) is 0 Å². The van der Waals surface area contributed by atoms with Gasteiger partial charge < -0.3 is 0 Å². The molecule has 9 nitrogen and oxygen atoms in total. The maximum absolute atomic E-state index is 11.8. The minimum atomic E-state index is -0.368. The van der Waals surface area contributed by atoms with Gasteiger partial charge in [0.15, 0.2) is 0 Å². The number of likely N-dealkylation sites (N-methyl/N-ethyl adjacent to an activating group) is 1. The SMILES string of the molecule is CC(C)[C@@H](CN(C)N=O)N(C[C@H](Cc1ccccc1)N(CCc1ccccc1)N=O)N=O. The quantitative estimate of drug-likeness (QED) is 0.300. The first-order valence-corrected chi connectivity index (χ1v) is 10.8. The third kappa shape index (κ3) is 7.72. The van der Waals surface area contributed by atoms with E-state index in [0.29, 0.717) is 19.4 Å². The Balaban J connectivity index is 2.23. The summed E-state index contributed by atoms with van der Waals surface area (Å²) in [6, 6.07) is 18.9. The normalized spacial score (nSPS) is 12.6. The van der Waals surface area contributed by atoms with Crippen molar-refractivity contribution in [1.29, 1.82) is 0 Å². The lowest BCUT2D eigenvalue weighted by molar-refractivity contribution is 0.0744. The second-order valence-corrected chi connectivity index (χ2v) is 8.26. The fourth-order valence-corrected chi connectivity index (χ4v) is 3.73. The number of benzene rings is 2. The lowest BCUT2D eigenvalue weighted by Crippen LogP contribution is -2.49. The van der Waals surface area contributed by atoms with E-state index in [4.69, 9.17) is 0 Å². The molecule has 0 N–H and O–H groups in total. The lowest BCUT2D eigenvalue weighted by atomic mass is 10.0. The zero-order chi connectivity index (χ0) is 23.3. The van der Waals surface area contributed by atoms with E-state index in [0.717, 1.165) is 11.1 Å². The molecule has 0 aromatic heterocycles. The summed E-state index contributed by atoms with van der Waals surface area (Å²) in [6.07, 6.45) is 1.18. The van der Waals surface area contributed by atoms with Gasteiger partial charge in [-0.2, -0.15) is 0 Å². The van der Waals surface area contributed by atoms with Crippen molar-refractivity contribution >= 4 is 0 Å². The Morgan fingerprint density at radius 3 is 1.81 bits per heavy atom. The number of hydrogen-bond acceptors (Lipinski definition) is 6. The first-order valence-electron chi connectivity index (χ1n) is 10.8. The fourth-order valence-electron chi connectivity index (χ4n) is 3.73. The second kappa shape index (κ2) is 13.1. The molecule has 0 saturated carbocycles. The predicted molar refractivity (Wildman–Crippen MR) is 126 cm³/mol. The van der Waals surface area contributed by atoms with Crippen molar-refractivity contribution in [3.63, 3.8) is 0 Å². The fraction of sp³-hybridized carbons (Fsp3) is 0.478. The molecule has 0 aliphatic carbocycles. The summed E-state index contributed by atoms with van der Waals surface area (Å²) in [5.41, 5.74) is 2.13. The molecule has 0 bridgehead atoms. The molecule has 0 fully saturated rings. The molecule has 2 aromatic carbocycles. The van der Waals surface area contributed by atoms with Crippen LogP contribution < -0.4 is 0 Å². The molecule has 0 radical (unpaired) electrons. The Kier molecular flexibility index (Phi) is 10.2. The number of rotatable bonds is 15. The topological polar surface area (TPSA) is 98.0 Å². The summed E-state index contributed by atoms with van der Waals surface area (Å²) >= 11 is 0. The monoisotopic (exact) mass is 440 g/mol. The molecule has 0 unspecified atom stereocenters. The zero-order valence-electron chi connectivity index (χ0n) is 18.9. The van der Waals surface area contributed by atoms with Crippen LogP contribution in [0.4, 0.5) is 0 Å². The van der Waals surface area contributed by atoms with Crippen molar-refractivity contribution in [1.82, 2.24) is 15.0 Å². The van der Waals surface area contributed by atoms with Crippen molar-refractivity contribution in [3.8, 4) is 0 Å². The van der Waals surface area contributed by atoms with Gasteiger partial charge in [0, 0.05) is 13.6 Å². The summed E-state index contributed by atoms with van der Waals surface area (Å²) in [5.74, 6) is 0.0382. The van der Waals surface area contributed by atoms with E-state index >= 15 is 0 Å². The molecule has 2 aromatic rings. The third-order valence-electron chi connectivity index (χ3n) is 5.56. The lowest BCUT2D eigenvalue weighted by Gasteiger charge is -2.35. The smallest absolute Gasteiger partial charge is 0.0735 e. The Hall–Kier alpha value is -3.36. The summed E-state index contributed by atoms with van der Waals surface area (Å²) in [4.78, 5) is 34.6. The summed E-state index contributed by atoms with van der Waals surface area (Å²) in [7, 11) is 1.56.